The number of nitro benzene ring substituents is 1. The zero-order chi connectivity index (χ0) is 15.3. The van der Waals surface area contributed by atoms with Crippen molar-refractivity contribution >= 4 is 17.3 Å². The molecule has 20 heavy (non-hydrogen) atoms. The topological polar surface area (TPSA) is 84.3 Å². The highest BCUT2D eigenvalue weighted by Gasteiger charge is 2.25. The van der Waals surface area contributed by atoms with E-state index < -0.39 is 10.8 Å². The van der Waals surface area contributed by atoms with Crippen LogP contribution in [0, 0.1) is 16.0 Å². The Morgan fingerprint density at radius 1 is 1.40 bits per heavy atom. The first kappa shape index (κ1) is 15.9. The molecule has 0 aliphatic carbocycles. The lowest BCUT2D eigenvalue weighted by Gasteiger charge is -2.20. The van der Waals surface area contributed by atoms with Gasteiger partial charge in [-0.3, -0.25) is 14.9 Å². The smallest absolute Gasteiger partial charge is 0.305 e. The number of carbonyl (C=O) groups is 1. The molecule has 6 nitrogen and oxygen atoms in total. The summed E-state index contributed by atoms with van der Waals surface area (Å²) in [4.78, 5) is 22.9. The van der Waals surface area contributed by atoms with Gasteiger partial charge in [0.05, 0.1) is 4.92 Å². The lowest BCUT2D eigenvalue weighted by atomic mass is 10.0. The number of para-hydroxylation sites is 1. The van der Waals surface area contributed by atoms with Crippen LogP contribution in [0.4, 0.5) is 11.4 Å². The second-order valence-electron chi connectivity index (χ2n) is 4.94. The minimum absolute atomic E-state index is 0.000320. The van der Waals surface area contributed by atoms with Crippen molar-refractivity contribution in [2.24, 2.45) is 5.92 Å². The van der Waals surface area contributed by atoms with Crippen molar-refractivity contribution in [2.45, 2.75) is 33.2 Å². The zero-order valence-corrected chi connectivity index (χ0v) is 12.3. The van der Waals surface area contributed by atoms with Crippen LogP contribution in [0.1, 0.15) is 37.6 Å². The minimum atomic E-state index is -0.531. The Kier molecular flexibility index (Phi) is 5.49. The number of amides is 1. The van der Waals surface area contributed by atoms with Gasteiger partial charge >= 0.3 is 5.69 Å². The quantitative estimate of drug-likeness (QED) is 0.619. The molecule has 0 heterocycles. The standard InChI is InChI=1S/C14H21N3O3/c1-5-11(9(2)3)16-14(18)10-7-6-8-12(15-4)13(10)17(19)20/h6-9,11,15H,5H2,1-4H3,(H,16,18). The number of rotatable bonds is 6. The van der Waals surface area contributed by atoms with E-state index in [4.69, 9.17) is 0 Å². The van der Waals surface area contributed by atoms with Crippen molar-refractivity contribution in [1.29, 1.82) is 0 Å². The van der Waals surface area contributed by atoms with E-state index >= 15 is 0 Å². The number of anilines is 1. The number of nitrogens with one attached hydrogen (secondary N) is 2. The third kappa shape index (κ3) is 3.46. The SMILES string of the molecule is CCC(NC(=O)c1cccc(NC)c1[N+](=O)[O-])C(C)C. The van der Waals surface area contributed by atoms with Gasteiger partial charge in [0.15, 0.2) is 0 Å². The first-order chi connectivity index (χ1) is 9.42. The molecular weight excluding hydrogens is 258 g/mol. The Hall–Kier alpha value is -2.11. The zero-order valence-electron chi connectivity index (χ0n) is 12.3. The summed E-state index contributed by atoms with van der Waals surface area (Å²) in [5, 5.41) is 16.8. The Morgan fingerprint density at radius 3 is 2.50 bits per heavy atom. The molecule has 0 aliphatic rings. The lowest BCUT2D eigenvalue weighted by Crippen LogP contribution is -2.38. The van der Waals surface area contributed by atoms with Crippen molar-refractivity contribution in [2.75, 3.05) is 12.4 Å². The van der Waals surface area contributed by atoms with Crippen LogP contribution in [0.15, 0.2) is 18.2 Å². The Morgan fingerprint density at radius 2 is 2.05 bits per heavy atom. The van der Waals surface area contributed by atoms with Gasteiger partial charge < -0.3 is 10.6 Å². The number of hydrogen-bond donors (Lipinski definition) is 2. The Bertz CT molecular complexity index is 500. The van der Waals surface area contributed by atoms with E-state index in [0.29, 0.717) is 5.69 Å². The van der Waals surface area contributed by atoms with Crippen molar-refractivity contribution in [3.8, 4) is 0 Å². The summed E-state index contributed by atoms with van der Waals surface area (Å²) < 4.78 is 0. The van der Waals surface area contributed by atoms with Crippen molar-refractivity contribution in [1.82, 2.24) is 5.32 Å². The number of carbonyl (C=O) groups excluding carboxylic acids is 1. The van der Waals surface area contributed by atoms with Crippen LogP contribution in [-0.2, 0) is 0 Å². The fraction of sp³-hybridized carbons (Fsp3) is 0.500. The van der Waals surface area contributed by atoms with Crippen molar-refractivity contribution in [3.05, 3.63) is 33.9 Å². The molecule has 110 valence electrons. The molecule has 1 rings (SSSR count). The average molecular weight is 279 g/mol. The highest BCUT2D eigenvalue weighted by molar-refractivity contribution is 6.00. The molecule has 1 atom stereocenters. The maximum Gasteiger partial charge on any atom is 0.305 e. The van der Waals surface area contributed by atoms with Crippen LogP contribution < -0.4 is 10.6 Å². The van der Waals surface area contributed by atoms with Gasteiger partial charge in [0.1, 0.15) is 11.3 Å². The third-order valence-electron chi connectivity index (χ3n) is 3.29. The van der Waals surface area contributed by atoms with E-state index in [1.165, 1.54) is 6.07 Å². The van der Waals surface area contributed by atoms with Crippen LogP contribution in [-0.4, -0.2) is 23.9 Å². The number of nitrogens with zero attached hydrogens (tertiary/aromatic N) is 1. The molecule has 1 unspecified atom stereocenters. The van der Waals surface area contributed by atoms with Crippen molar-refractivity contribution < 1.29 is 9.72 Å². The van der Waals surface area contributed by atoms with Gasteiger partial charge in [0, 0.05) is 13.1 Å². The number of benzene rings is 1. The maximum absolute atomic E-state index is 12.3. The van der Waals surface area contributed by atoms with Crippen LogP contribution in [0.25, 0.3) is 0 Å². The molecule has 1 aromatic carbocycles. The molecule has 6 heteroatoms. The molecule has 1 amide bonds. The summed E-state index contributed by atoms with van der Waals surface area (Å²) in [6.45, 7) is 5.99. The predicted molar refractivity (Wildman–Crippen MR) is 79.0 cm³/mol. The molecule has 0 spiro atoms. The molecule has 0 aliphatic heterocycles. The van der Waals surface area contributed by atoms with E-state index in [9.17, 15) is 14.9 Å². The largest absolute Gasteiger partial charge is 0.383 e. The highest BCUT2D eigenvalue weighted by Crippen LogP contribution is 2.28. The van der Waals surface area contributed by atoms with Crippen molar-refractivity contribution in [3.63, 3.8) is 0 Å². The summed E-state index contributed by atoms with van der Waals surface area (Å²) >= 11 is 0. The van der Waals surface area contributed by atoms with Crippen LogP contribution in [0.2, 0.25) is 0 Å². The van der Waals surface area contributed by atoms with Gasteiger partial charge in [-0.15, -0.1) is 0 Å². The molecule has 0 bridgehead atoms. The first-order valence-electron chi connectivity index (χ1n) is 6.68. The number of hydrogen-bond acceptors (Lipinski definition) is 4. The Balaban J connectivity index is 3.13. The van der Waals surface area contributed by atoms with Gasteiger partial charge in [-0.25, -0.2) is 0 Å². The van der Waals surface area contributed by atoms with E-state index in [1.54, 1.807) is 19.2 Å². The van der Waals surface area contributed by atoms with E-state index in [1.807, 2.05) is 20.8 Å². The molecule has 0 aromatic heterocycles. The van der Waals surface area contributed by atoms with E-state index in [2.05, 4.69) is 10.6 Å². The van der Waals surface area contributed by atoms with Crippen LogP contribution in [0.5, 0.6) is 0 Å². The molecule has 0 fully saturated rings. The summed E-state index contributed by atoms with van der Waals surface area (Å²) in [5.41, 5.74) is 0.229. The first-order valence-corrected chi connectivity index (χ1v) is 6.68. The van der Waals surface area contributed by atoms with Crippen LogP contribution >= 0.6 is 0 Å². The van der Waals surface area contributed by atoms with Gasteiger partial charge in [-0.05, 0) is 24.5 Å². The van der Waals surface area contributed by atoms with Crippen LogP contribution in [0.3, 0.4) is 0 Å². The van der Waals surface area contributed by atoms with E-state index in [-0.39, 0.29) is 23.2 Å². The molecule has 0 saturated heterocycles. The lowest BCUT2D eigenvalue weighted by molar-refractivity contribution is -0.384. The summed E-state index contributed by atoms with van der Waals surface area (Å²) in [6, 6.07) is 4.68. The second kappa shape index (κ2) is 6.88. The summed E-state index contributed by atoms with van der Waals surface area (Å²) in [7, 11) is 1.59. The predicted octanol–water partition coefficient (Wildman–Crippen LogP) is 2.80. The van der Waals surface area contributed by atoms with Gasteiger partial charge in [-0.2, -0.15) is 0 Å². The van der Waals surface area contributed by atoms with E-state index in [0.717, 1.165) is 6.42 Å². The Labute approximate surface area is 118 Å². The fourth-order valence-corrected chi connectivity index (χ4v) is 2.11. The molecule has 0 saturated carbocycles. The maximum atomic E-state index is 12.3. The normalized spacial score (nSPS) is 12.1. The monoisotopic (exact) mass is 279 g/mol. The fourth-order valence-electron chi connectivity index (χ4n) is 2.11. The van der Waals surface area contributed by atoms with Gasteiger partial charge in [0.2, 0.25) is 0 Å². The molecule has 0 radical (unpaired) electrons. The molecule has 2 N–H and O–H groups in total. The average Bonchev–Trinajstić information content (AvgIpc) is 2.42. The number of nitro groups is 1. The highest BCUT2D eigenvalue weighted by atomic mass is 16.6. The minimum Gasteiger partial charge on any atom is -0.383 e. The van der Waals surface area contributed by atoms with Gasteiger partial charge in [0.25, 0.3) is 5.91 Å². The molecule has 1 aromatic rings. The van der Waals surface area contributed by atoms with Gasteiger partial charge in [-0.1, -0.05) is 26.8 Å². The molecular formula is C14H21N3O3. The summed E-state index contributed by atoms with van der Waals surface area (Å²) in [6.07, 6.45) is 0.781. The second-order valence-corrected chi connectivity index (χ2v) is 4.94. The summed E-state index contributed by atoms with van der Waals surface area (Å²) in [5.74, 6) is -0.134. The third-order valence-corrected chi connectivity index (χ3v) is 3.29.